The lowest BCUT2D eigenvalue weighted by Crippen LogP contribution is -2.41. The van der Waals surface area contributed by atoms with Gasteiger partial charge in [-0.3, -0.25) is 0 Å². The lowest BCUT2D eigenvalue weighted by atomic mass is 9.62. The Morgan fingerprint density at radius 2 is 2.21 bits per heavy atom. The fraction of sp³-hybridized carbons (Fsp3) is 0.846. The van der Waals surface area contributed by atoms with E-state index in [0.29, 0.717) is 17.3 Å². The summed E-state index contributed by atoms with van der Waals surface area (Å²) in [4.78, 5) is 0. The largest absolute Gasteiger partial charge is 0.392 e. The van der Waals surface area contributed by atoms with Gasteiger partial charge in [0.25, 0.3) is 0 Å². The zero-order chi connectivity index (χ0) is 10.8. The van der Waals surface area contributed by atoms with Crippen LogP contribution >= 0.6 is 0 Å². The van der Waals surface area contributed by atoms with Crippen LogP contribution in [0.4, 0.5) is 0 Å². The fourth-order valence-corrected chi connectivity index (χ4v) is 3.21. The zero-order valence-electron chi connectivity index (χ0n) is 9.79. The van der Waals surface area contributed by atoms with Crippen molar-refractivity contribution in [3.8, 4) is 0 Å². The number of rotatable bonds is 3. The molecule has 0 amide bonds. The Kier molecular flexibility index (Phi) is 3.77. The molecule has 0 aromatic carbocycles. The van der Waals surface area contributed by atoms with Crippen LogP contribution in [0.25, 0.3) is 0 Å². The van der Waals surface area contributed by atoms with Gasteiger partial charge in [-0.1, -0.05) is 39.7 Å². The van der Waals surface area contributed by atoms with Crippen LogP contribution < -0.4 is 0 Å². The first-order valence-corrected chi connectivity index (χ1v) is 5.78. The Bertz CT molecular complexity index is 195. The first kappa shape index (κ1) is 11.8. The number of aliphatic hydroxyl groups excluding tert-OH is 1. The SMILES string of the molecule is C=CCC(O)[C@@H]1[C@@H](C)CCCC1(C)C. The molecule has 14 heavy (non-hydrogen) atoms. The minimum Gasteiger partial charge on any atom is -0.392 e. The highest BCUT2D eigenvalue weighted by Crippen LogP contribution is 2.46. The maximum absolute atomic E-state index is 10.1. The maximum Gasteiger partial charge on any atom is 0.0610 e. The first-order valence-electron chi connectivity index (χ1n) is 5.78. The highest BCUT2D eigenvalue weighted by Gasteiger charge is 2.40. The highest BCUT2D eigenvalue weighted by molar-refractivity contribution is 4.92. The molecule has 3 atom stereocenters. The van der Waals surface area contributed by atoms with E-state index in [2.05, 4.69) is 27.4 Å². The Labute approximate surface area is 88.2 Å². The van der Waals surface area contributed by atoms with Gasteiger partial charge in [0.1, 0.15) is 0 Å². The second-order valence-corrected chi connectivity index (χ2v) is 5.48. The van der Waals surface area contributed by atoms with Gasteiger partial charge in [-0.25, -0.2) is 0 Å². The van der Waals surface area contributed by atoms with Crippen molar-refractivity contribution in [3.63, 3.8) is 0 Å². The summed E-state index contributed by atoms with van der Waals surface area (Å²) >= 11 is 0. The molecule has 0 aliphatic heterocycles. The van der Waals surface area contributed by atoms with E-state index in [1.165, 1.54) is 19.3 Å². The van der Waals surface area contributed by atoms with Gasteiger partial charge in [0.15, 0.2) is 0 Å². The van der Waals surface area contributed by atoms with Gasteiger partial charge in [-0.15, -0.1) is 6.58 Å². The van der Waals surface area contributed by atoms with Gasteiger partial charge in [0.05, 0.1) is 6.10 Å². The van der Waals surface area contributed by atoms with Gasteiger partial charge in [-0.05, 0) is 30.1 Å². The van der Waals surface area contributed by atoms with Crippen molar-refractivity contribution in [2.24, 2.45) is 17.3 Å². The van der Waals surface area contributed by atoms with Crippen molar-refractivity contribution in [1.82, 2.24) is 0 Å². The summed E-state index contributed by atoms with van der Waals surface area (Å²) in [5, 5.41) is 10.1. The molecule has 1 aliphatic carbocycles. The standard InChI is InChI=1S/C13H24O/c1-5-7-11(14)12-10(2)8-6-9-13(12,3)4/h5,10-12,14H,1,6-9H2,2-4H3/t10-,11?,12-/m0/s1. The fourth-order valence-electron chi connectivity index (χ4n) is 3.21. The zero-order valence-corrected chi connectivity index (χ0v) is 9.79. The van der Waals surface area contributed by atoms with Crippen molar-refractivity contribution in [2.45, 2.75) is 52.6 Å². The Morgan fingerprint density at radius 1 is 1.57 bits per heavy atom. The average Bonchev–Trinajstić information content (AvgIpc) is 2.02. The molecule has 0 aromatic rings. The third kappa shape index (κ3) is 2.38. The molecule has 1 unspecified atom stereocenters. The molecular formula is C13H24O. The molecule has 0 radical (unpaired) electrons. The summed E-state index contributed by atoms with van der Waals surface area (Å²) < 4.78 is 0. The van der Waals surface area contributed by atoms with Crippen molar-refractivity contribution in [3.05, 3.63) is 12.7 Å². The normalized spacial score (nSPS) is 33.7. The summed E-state index contributed by atoms with van der Waals surface area (Å²) in [6, 6.07) is 0. The van der Waals surface area contributed by atoms with E-state index < -0.39 is 0 Å². The van der Waals surface area contributed by atoms with Crippen LogP contribution in [0.2, 0.25) is 0 Å². The predicted molar refractivity (Wildman–Crippen MR) is 61.1 cm³/mol. The second-order valence-electron chi connectivity index (χ2n) is 5.48. The van der Waals surface area contributed by atoms with E-state index in [1.54, 1.807) is 0 Å². The van der Waals surface area contributed by atoms with Gasteiger partial charge >= 0.3 is 0 Å². The second kappa shape index (κ2) is 4.48. The van der Waals surface area contributed by atoms with E-state index in [0.717, 1.165) is 6.42 Å². The monoisotopic (exact) mass is 196 g/mol. The van der Waals surface area contributed by atoms with Crippen LogP contribution in [-0.2, 0) is 0 Å². The molecular weight excluding hydrogens is 172 g/mol. The lowest BCUT2D eigenvalue weighted by molar-refractivity contribution is -0.0256. The van der Waals surface area contributed by atoms with Crippen LogP contribution in [0.15, 0.2) is 12.7 Å². The van der Waals surface area contributed by atoms with Crippen molar-refractivity contribution in [2.75, 3.05) is 0 Å². The minimum absolute atomic E-state index is 0.196. The molecule has 1 saturated carbocycles. The van der Waals surface area contributed by atoms with Crippen molar-refractivity contribution >= 4 is 0 Å². The molecule has 1 heteroatoms. The molecule has 1 nitrogen and oxygen atoms in total. The summed E-state index contributed by atoms with van der Waals surface area (Å²) in [6.45, 7) is 10.6. The van der Waals surface area contributed by atoms with Crippen LogP contribution in [0.3, 0.4) is 0 Å². The summed E-state index contributed by atoms with van der Waals surface area (Å²) in [7, 11) is 0. The first-order chi connectivity index (χ1) is 6.49. The summed E-state index contributed by atoms with van der Waals surface area (Å²) in [5.74, 6) is 1.09. The van der Waals surface area contributed by atoms with Crippen molar-refractivity contribution < 1.29 is 5.11 Å². The quantitative estimate of drug-likeness (QED) is 0.686. The van der Waals surface area contributed by atoms with Gasteiger partial charge < -0.3 is 5.11 Å². The van der Waals surface area contributed by atoms with Crippen LogP contribution in [0, 0.1) is 17.3 Å². The smallest absolute Gasteiger partial charge is 0.0610 e. The minimum atomic E-state index is -0.196. The van der Waals surface area contributed by atoms with Crippen LogP contribution in [0.5, 0.6) is 0 Å². The summed E-state index contributed by atoms with van der Waals surface area (Å²) in [6.07, 6.45) is 6.20. The van der Waals surface area contributed by atoms with Crippen LogP contribution in [-0.4, -0.2) is 11.2 Å². The Balaban J connectivity index is 2.73. The third-order valence-corrected chi connectivity index (χ3v) is 3.82. The molecule has 1 fully saturated rings. The molecule has 0 saturated heterocycles. The summed E-state index contributed by atoms with van der Waals surface area (Å²) in [5.41, 5.74) is 0.292. The number of hydrogen-bond donors (Lipinski definition) is 1. The maximum atomic E-state index is 10.1. The van der Waals surface area contributed by atoms with Crippen LogP contribution in [0.1, 0.15) is 46.5 Å². The third-order valence-electron chi connectivity index (χ3n) is 3.82. The molecule has 0 spiro atoms. The molecule has 1 rings (SSSR count). The molecule has 0 bridgehead atoms. The molecule has 82 valence electrons. The van der Waals surface area contributed by atoms with E-state index in [1.807, 2.05) is 6.08 Å². The van der Waals surface area contributed by atoms with E-state index in [4.69, 9.17) is 0 Å². The van der Waals surface area contributed by atoms with E-state index in [-0.39, 0.29) is 6.10 Å². The number of hydrogen-bond acceptors (Lipinski definition) is 1. The average molecular weight is 196 g/mol. The topological polar surface area (TPSA) is 20.2 Å². The molecule has 1 aliphatic rings. The highest BCUT2D eigenvalue weighted by atomic mass is 16.3. The molecule has 0 heterocycles. The lowest BCUT2D eigenvalue weighted by Gasteiger charge is -2.45. The van der Waals surface area contributed by atoms with Crippen molar-refractivity contribution in [1.29, 1.82) is 0 Å². The van der Waals surface area contributed by atoms with E-state index >= 15 is 0 Å². The van der Waals surface area contributed by atoms with Gasteiger partial charge in [0, 0.05) is 0 Å². The Hall–Kier alpha value is -0.300. The van der Waals surface area contributed by atoms with E-state index in [9.17, 15) is 5.11 Å². The molecule has 1 N–H and O–H groups in total. The van der Waals surface area contributed by atoms with Gasteiger partial charge in [-0.2, -0.15) is 0 Å². The molecule has 0 aromatic heterocycles. The number of aliphatic hydroxyl groups is 1. The predicted octanol–water partition coefficient (Wildman–Crippen LogP) is 3.39. The Morgan fingerprint density at radius 3 is 2.71 bits per heavy atom. The van der Waals surface area contributed by atoms with Gasteiger partial charge in [0.2, 0.25) is 0 Å².